The predicted molar refractivity (Wildman–Crippen MR) is 152 cm³/mol. The molecule has 37 heavy (non-hydrogen) atoms. The summed E-state index contributed by atoms with van der Waals surface area (Å²) in [4.78, 5) is 29.3. The van der Waals surface area contributed by atoms with Gasteiger partial charge in [-0.05, 0) is 74.4 Å². The van der Waals surface area contributed by atoms with Gasteiger partial charge in [-0.2, -0.15) is 0 Å². The molecule has 0 saturated heterocycles. The molecule has 1 N–H and O–H groups in total. The predicted octanol–water partition coefficient (Wildman–Crippen LogP) is 5.05. The van der Waals surface area contributed by atoms with Crippen molar-refractivity contribution in [1.82, 2.24) is 9.88 Å². The standard InChI is InChI=1S/C29H37N3O4S/c1-3-7-29(34)36-21(2)32-26-20-23(12-10-22(26)11-13-28(32)33)35-18-5-4-15-30-16-17-31-25-8-6-9-27-24(25)14-19-37-27/h6,8,10-14,20-21,27,30H,3-5,7,9,15-19H2,1-2H3. The molecule has 2 atom stereocenters. The van der Waals surface area contributed by atoms with Gasteiger partial charge in [0, 0.05) is 36.1 Å². The molecule has 2 aliphatic rings. The highest BCUT2D eigenvalue weighted by Crippen LogP contribution is 2.33. The number of carbonyl (C=O) groups is 1. The van der Waals surface area contributed by atoms with Crippen LogP contribution >= 0.6 is 11.8 Å². The van der Waals surface area contributed by atoms with E-state index in [0.717, 1.165) is 55.7 Å². The van der Waals surface area contributed by atoms with E-state index in [4.69, 9.17) is 14.5 Å². The monoisotopic (exact) mass is 523 g/mol. The van der Waals surface area contributed by atoms with Crippen molar-refractivity contribution in [2.24, 2.45) is 4.99 Å². The van der Waals surface area contributed by atoms with Crippen LogP contribution in [0.1, 0.15) is 52.2 Å². The summed E-state index contributed by atoms with van der Waals surface area (Å²) in [5.74, 6) is 1.49. The lowest BCUT2D eigenvalue weighted by molar-refractivity contribution is -0.152. The molecule has 0 radical (unpaired) electrons. The van der Waals surface area contributed by atoms with Crippen LogP contribution in [0.5, 0.6) is 5.75 Å². The Balaban J connectivity index is 1.21. The van der Waals surface area contributed by atoms with Gasteiger partial charge in [-0.15, -0.1) is 11.8 Å². The zero-order valence-corrected chi connectivity index (χ0v) is 22.6. The minimum atomic E-state index is -0.689. The summed E-state index contributed by atoms with van der Waals surface area (Å²) in [6.07, 6.45) is 10.1. The minimum absolute atomic E-state index is 0.212. The average Bonchev–Trinajstić information content (AvgIpc) is 3.37. The largest absolute Gasteiger partial charge is 0.494 e. The number of pyridine rings is 1. The Bertz CT molecular complexity index is 1230. The van der Waals surface area contributed by atoms with E-state index in [1.165, 1.54) is 16.2 Å². The maximum atomic E-state index is 12.6. The van der Waals surface area contributed by atoms with Crippen molar-refractivity contribution < 1.29 is 14.3 Å². The molecule has 1 aromatic heterocycles. The zero-order chi connectivity index (χ0) is 26.0. The molecule has 0 spiro atoms. The third-order valence-electron chi connectivity index (χ3n) is 6.48. The second-order valence-corrected chi connectivity index (χ2v) is 10.5. The van der Waals surface area contributed by atoms with Crippen molar-refractivity contribution in [2.75, 3.05) is 32.0 Å². The topological polar surface area (TPSA) is 81.9 Å². The van der Waals surface area contributed by atoms with Crippen LogP contribution in [0.2, 0.25) is 0 Å². The number of nitrogens with one attached hydrogen (secondary N) is 1. The molecule has 4 rings (SSSR count). The lowest BCUT2D eigenvalue weighted by Crippen LogP contribution is -2.26. The Labute approximate surface area is 223 Å². The molecule has 0 fully saturated rings. The summed E-state index contributed by atoms with van der Waals surface area (Å²) in [5, 5.41) is 4.97. The maximum Gasteiger partial charge on any atom is 0.307 e. The molecule has 2 unspecified atom stereocenters. The van der Waals surface area contributed by atoms with Crippen molar-refractivity contribution in [1.29, 1.82) is 0 Å². The molecule has 1 aliphatic carbocycles. The van der Waals surface area contributed by atoms with Gasteiger partial charge in [-0.25, -0.2) is 0 Å². The molecule has 1 aliphatic heterocycles. The molecular formula is C29H37N3O4S. The molecular weight excluding hydrogens is 486 g/mol. The van der Waals surface area contributed by atoms with Gasteiger partial charge in [-0.3, -0.25) is 19.1 Å². The molecule has 7 nitrogen and oxygen atoms in total. The fraction of sp³-hybridized carbons (Fsp3) is 0.483. The molecule has 1 aromatic carbocycles. The van der Waals surface area contributed by atoms with Gasteiger partial charge in [0.2, 0.25) is 0 Å². The first-order chi connectivity index (χ1) is 18.1. The summed E-state index contributed by atoms with van der Waals surface area (Å²) in [6.45, 7) is 6.80. The highest BCUT2D eigenvalue weighted by atomic mass is 32.2. The Morgan fingerprint density at radius 1 is 1.24 bits per heavy atom. The zero-order valence-electron chi connectivity index (χ0n) is 21.8. The van der Waals surface area contributed by atoms with Crippen LogP contribution in [0.15, 0.2) is 63.9 Å². The molecule has 198 valence electrons. The summed E-state index contributed by atoms with van der Waals surface area (Å²) in [5.41, 5.74) is 3.06. The lowest BCUT2D eigenvalue weighted by Gasteiger charge is -2.19. The van der Waals surface area contributed by atoms with Crippen LogP contribution in [0.4, 0.5) is 0 Å². The van der Waals surface area contributed by atoms with Gasteiger partial charge >= 0.3 is 5.97 Å². The molecule has 2 heterocycles. The summed E-state index contributed by atoms with van der Waals surface area (Å²) >= 11 is 2.00. The number of rotatable bonds is 13. The lowest BCUT2D eigenvalue weighted by atomic mass is 9.98. The van der Waals surface area contributed by atoms with E-state index in [9.17, 15) is 9.59 Å². The van der Waals surface area contributed by atoms with Crippen LogP contribution in [0, 0.1) is 0 Å². The molecule has 2 aromatic rings. The van der Waals surface area contributed by atoms with E-state index < -0.39 is 6.23 Å². The number of nitrogens with zero attached hydrogens (tertiary/aromatic N) is 2. The van der Waals surface area contributed by atoms with Gasteiger partial charge in [-0.1, -0.05) is 19.1 Å². The summed E-state index contributed by atoms with van der Waals surface area (Å²) in [7, 11) is 0. The summed E-state index contributed by atoms with van der Waals surface area (Å²) < 4.78 is 12.9. The van der Waals surface area contributed by atoms with Crippen LogP contribution < -0.4 is 15.6 Å². The van der Waals surface area contributed by atoms with E-state index in [-0.39, 0.29) is 11.5 Å². The van der Waals surface area contributed by atoms with Gasteiger partial charge in [0.1, 0.15) is 5.75 Å². The first-order valence-corrected chi connectivity index (χ1v) is 14.3. The smallest absolute Gasteiger partial charge is 0.307 e. The normalized spacial score (nSPS) is 18.6. The van der Waals surface area contributed by atoms with Gasteiger partial charge in [0.05, 0.1) is 24.4 Å². The highest BCUT2D eigenvalue weighted by Gasteiger charge is 2.24. The average molecular weight is 524 g/mol. The number of carbonyl (C=O) groups excluding carboxylic acids is 1. The van der Waals surface area contributed by atoms with Crippen molar-refractivity contribution >= 4 is 34.3 Å². The van der Waals surface area contributed by atoms with Crippen molar-refractivity contribution in [2.45, 2.75) is 57.4 Å². The quantitative estimate of drug-likeness (QED) is 0.292. The molecule has 0 bridgehead atoms. The third-order valence-corrected chi connectivity index (χ3v) is 7.69. The van der Waals surface area contributed by atoms with Crippen LogP contribution in [0.3, 0.4) is 0 Å². The fourth-order valence-corrected chi connectivity index (χ4v) is 5.76. The van der Waals surface area contributed by atoms with Gasteiger partial charge < -0.3 is 14.8 Å². The highest BCUT2D eigenvalue weighted by molar-refractivity contribution is 8.00. The minimum Gasteiger partial charge on any atom is -0.494 e. The number of unbranched alkanes of at least 4 members (excludes halogenated alkanes) is 1. The third kappa shape index (κ3) is 7.36. The SMILES string of the molecule is CCCC(=O)OC(C)n1c(=O)ccc2ccc(OCCCCNCCN=C3C=CCC4SCC=C34)cc21. The number of hydrogen-bond acceptors (Lipinski definition) is 7. The number of fused-ring (bicyclic) bond motifs is 2. The Kier molecular flexibility index (Phi) is 10.0. The molecule has 0 saturated carbocycles. The van der Waals surface area contributed by atoms with E-state index in [2.05, 4.69) is 23.5 Å². The van der Waals surface area contributed by atoms with Crippen molar-refractivity contribution in [3.05, 3.63) is 64.5 Å². The molecule has 8 heteroatoms. The van der Waals surface area contributed by atoms with Crippen molar-refractivity contribution in [3.8, 4) is 5.75 Å². The number of benzene rings is 1. The number of aromatic nitrogens is 1. The number of esters is 1. The Morgan fingerprint density at radius 2 is 2.11 bits per heavy atom. The fourth-order valence-electron chi connectivity index (χ4n) is 4.61. The van der Waals surface area contributed by atoms with Gasteiger partial charge in [0.15, 0.2) is 6.23 Å². The van der Waals surface area contributed by atoms with Crippen LogP contribution in [-0.4, -0.2) is 53.5 Å². The Hall–Kier alpha value is -2.84. The number of aliphatic imine (C=N–C) groups is 1. The van der Waals surface area contributed by atoms with Gasteiger partial charge in [0.25, 0.3) is 5.56 Å². The van der Waals surface area contributed by atoms with Crippen LogP contribution in [-0.2, 0) is 9.53 Å². The maximum absolute atomic E-state index is 12.6. The number of hydrogen-bond donors (Lipinski definition) is 1. The molecule has 0 amide bonds. The first kappa shape index (κ1) is 27.2. The van der Waals surface area contributed by atoms with E-state index in [1.807, 2.05) is 36.9 Å². The number of ether oxygens (including phenoxy) is 2. The Morgan fingerprint density at radius 3 is 2.97 bits per heavy atom. The second kappa shape index (κ2) is 13.6. The summed E-state index contributed by atoms with van der Waals surface area (Å²) in [6, 6.07) is 8.96. The van der Waals surface area contributed by atoms with E-state index in [1.54, 1.807) is 13.0 Å². The van der Waals surface area contributed by atoms with Crippen molar-refractivity contribution in [3.63, 3.8) is 0 Å². The number of allylic oxidation sites excluding steroid dienone is 2. The van der Waals surface area contributed by atoms with E-state index in [0.29, 0.717) is 36.0 Å². The second-order valence-electron chi connectivity index (χ2n) is 9.29. The number of thioether (sulfide) groups is 1. The first-order valence-electron chi connectivity index (χ1n) is 13.3. The van der Waals surface area contributed by atoms with E-state index >= 15 is 0 Å². The van der Waals surface area contributed by atoms with Crippen LogP contribution in [0.25, 0.3) is 10.9 Å².